The van der Waals surface area contributed by atoms with E-state index < -0.39 is 0 Å². The third-order valence-corrected chi connectivity index (χ3v) is 4.92. The zero-order valence-electron chi connectivity index (χ0n) is 14.4. The number of hydrogen-bond acceptors (Lipinski definition) is 3. The summed E-state index contributed by atoms with van der Waals surface area (Å²) in [6, 6.07) is 8.32. The highest BCUT2D eigenvalue weighted by atomic mass is 16.5. The fraction of sp³-hybridized carbons (Fsp3) is 0.350. The Kier molecular flexibility index (Phi) is 3.68. The number of aryl methyl sites for hydroxylation is 3. The van der Waals surface area contributed by atoms with E-state index in [-0.39, 0.29) is 0 Å². The molecule has 4 nitrogen and oxygen atoms in total. The average Bonchev–Trinajstić information content (AvgIpc) is 3.14. The molecule has 0 bridgehead atoms. The fourth-order valence-corrected chi connectivity index (χ4v) is 3.77. The van der Waals surface area contributed by atoms with E-state index in [0.717, 1.165) is 35.7 Å². The Bertz CT molecular complexity index is 852. The Morgan fingerprint density at radius 1 is 1.08 bits per heavy atom. The van der Waals surface area contributed by atoms with Crippen LogP contribution < -0.4 is 4.74 Å². The molecule has 0 saturated heterocycles. The van der Waals surface area contributed by atoms with Crippen LogP contribution in [0.15, 0.2) is 35.0 Å². The molecule has 3 aromatic rings. The lowest BCUT2D eigenvalue weighted by molar-refractivity contribution is 0.393. The van der Waals surface area contributed by atoms with Gasteiger partial charge in [0.15, 0.2) is 5.76 Å². The van der Waals surface area contributed by atoms with Crippen molar-refractivity contribution in [3.8, 4) is 22.7 Å². The largest absolute Gasteiger partial charge is 0.497 e. The smallest absolute Gasteiger partial charge is 0.157 e. The van der Waals surface area contributed by atoms with Crippen molar-refractivity contribution in [2.24, 2.45) is 0 Å². The monoisotopic (exact) mass is 322 g/mol. The van der Waals surface area contributed by atoms with Crippen molar-refractivity contribution < 1.29 is 9.26 Å². The molecule has 4 rings (SSSR count). The predicted octanol–water partition coefficient (Wildman–Crippen LogP) is 4.64. The number of aromatic nitrogens is 2. The first kappa shape index (κ1) is 15.1. The molecular formula is C20H22N2O2. The summed E-state index contributed by atoms with van der Waals surface area (Å²) < 4.78 is 13.0. The van der Waals surface area contributed by atoms with Crippen molar-refractivity contribution in [3.05, 3.63) is 53.0 Å². The summed E-state index contributed by atoms with van der Waals surface area (Å²) in [5, 5.41) is 4.15. The Morgan fingerprint density at radius 2 is 1.83 bits per heavy atom. The van der Waals surface area contributed by atoms with E-state index in [9.17, 15) is 0 Å². The van der Waals surface area contributed by atoms with Crippen molar-refractivity contribution in [2.45, 2.75) is 39.5 Å². The summed E-state index contributed by atoms with van der Waals surface area (Å²) >= 11 is 0. The summed E-state index contributed by atoms with van der Waals surface area (Å²) in [6.45, 7) is 3.98. The highest BCUT2D eigenvalue weighted by Crippen LogP contribution is 2.37. The summed E-state index contributed by atoms with van der Waals surface area (Å²) in [7, 11) is 1.70. The lowest BCUT2D eigenvalue weighted by Crippen LogP contribution is -2.02. The van der Waals surface area contributed by atoms with Crippen molar-refractivity contribution in [1.29, 1.82) is 0 Å². The summed E-state index contributed by atoms with van der Waals surface area (Å²) in [4.78, 5) is 0. The molecule has 2 aromatic heterocycles. The highest BCUT2D eigenvalue weighted by molar-refractivity contribution is 5.70. The number of methoxy groups -OCH3 is 1. The van der Waals surface area contributed by atoms with Crippen LogP contribution in [0.25, 0.3) is 16.9 Å². The zero-order valence-corrected chi connectivity index (χ0v) is 14.4. The number of hydrogen-bond donors (Lipinski definition) is 0. The minimum atomic E-state index is 0.856. The minimum Gasteiger partial charge on any atom is -0.497 e. The second-order valence-corrected chi connectivity index (χ2v) is 6.46. The summed E-state index contributed by atoms with van der Waals surface area (Å²) in [5.74, 6) is 1.73. The van der Waals surface area contributed by atoms with Crippen LogP contribution in [0.2, 0.25) is 0 Å². The quantitative estimate of drug-likeness (QED) is 0.705. The van der Waals surface area contributed by atoms with Gasteiger partial charge < -0.3 is 13.8 Å². The number of ether oxygens (including phenoxy) is 1. The molecule has 24 heavy (non-hydrogen) atoms. The fourth-order valence-electron chi connectivity index (χ4n) is 3.77. The average molecular weight is 322 g/mol. The second-order valence-electron chi connectivity index (χ2n) is 6.46. The van der Waals surface area contributed by atoms with Crippen LogP contribution in [0.1, 0.15) is 35.4 Å². The van der Waals surface area contributed by atoms with Gasteiger partial charge in [0.2, 0.25) is 0 Å². The van der Waals surface area contributed by atoms with E-state index in [2.05, 4.69) is 28.1 Å². The van der Waals surface area contributed by atoms with E-state index in [4.69, 9.17) is 9.26 Å². The zero-order chi connectivity index (χ0) is 16.7. The van der Waals surface area contributed by atoms with Crippen LogP contribution in [-0.2, 0) is 12.8 Å². The maximum Gasteiger partial charge on any atom is 0.157 e. The van der Waals surface area contributed by atoms with Gasteiger partial charge in [-0.25, -0.2) is 0 Å². The van der Waals surface area contributed by atoms with Gasteiger partial charge in [0.25, 0.3) is 0 Å². The molecule has 0 N–H and O–H groups in total. The molecule has 0 saturated carbocycles. The van der Waals surface area contributed by atoms with Crippen LogP contribution in [0.5, 0.6) is 5.75 Å². The molecule has 0 radical (unpaired) electrons. The number of rotatable bonds is 3. The topological polar surface area (TPSA) is 40.2 Å². The SMILES string of the molecule is COc1ccc(-c2c3c(cn2-c2c(C)noc2C)CCCC3)cc1. The molecule has 0 fully saturated rings. The maximum atomic E-state index is 5.42. The normalized spacial score (nSPS) is 13.8. The van der Waals surface area contributed by atoms with Gasteiger partial charge in [0, 0.05) is 6.20 Å². The molecule has 2 heterocycles. The lowest BCUT2D eigenvalue weighted by atomic mass is 9.92. The van der Waals surface area contributed by atoms with Gasteiger partial charge in [-0.15, -0.1) is 0 Å². The van der Waals surface area contributed by atoms with E-state index in [1.807, 2.05) is 26.0 Å². The molecular weight excluding hydrogens is 300 g/mol. The first-order chi connectivity index (χ1) is 11.7. The van der Waals surface area contributed by atoms with Crippen molar-refractivity contribution in [2.75, 3.05) is 7.11 Å². The Hall–Kier alpha value is -2.49. The van der Waals surface area contributed by atoms with Crippen LogP contribution in [0.3, 0.4) is 0 Å². The van der Waals surface area contributed by atoms with Crippen LogP contribution in [-0.4, -0.2) is 16.8 Å². The van der Waals surface area contributed by atoms with Crippen molar-refractivity contribution in [3.63, 3.8) is 0 Å². The molecule has 0 aliphatic heterocycles. The summed E-state index contributed by atoms with van der Waals surface area (Å²) in [6.07, 6.45) is 7.07. The highest BCUT2D eigenvalue weighted by Gasteiger charge is 2.23. The van der Waals surface area contributed by atoms with Gasteiger partial charge in [0.05, 0.1) is 12.8 Å². The van der Waals surface area contributed by atoms with Crippen molar-refractivity contribution >= 4 is 0 Å². The van der Waals surface area contributed by atoms with E-state index in [1.54, 1.807) is 7.11 Å². The van der Waals surface area contributed by atoms with Gasteiger partial charge >= 0.3 is 0 Å². The minimum absolute atomic E-state index is 0.856. The molecule has 0 amide bonds. The Labute approximate surface area is 142 Å². The van der Waals surface area contributed by atoms with Gasteiger partial charge in [-0.2, -0.15) is 0 Å². The van der Waals surface area contributed by atoms with E-state index in [1.165, 1.54) is 35.2 Å². The maximum absolute atomic E-state index is 5.42. The first-order valence-electron chi connectivity index (χ1n) is 8.50. The van der Waals surface area contributed by atoms with Gasteiger partial charge in [-0.1, -0.05) is 5.16 Å². The van der Waals surface area contributed by atoms with Gasteiger partial charge in [0.1, 0.15) is 17.1 Å². The molecule has 1 aliphatic rings. The molecule has 0 unspecified atom stereocenters. The molecule has 124 valence electrons. The molecule has 1 aliphatic carbocycles. The Balaban J connectivity index is 1.95. The first-order valence-corrected chi connectivity index (χ1v) is 8.50. The van der Waals surface area contributed by atoms with Crippen LogP contribution >= 0.6 is 0 Å². The van der Waals surface area contributed by atoms with Crippen molar-refractivity contribution in [1.82, 2.24) is 9.72 Å². The molecule has 0 atom stereocenters. The number of nitrogens with zero attached hydrogens (tertiary/aromatic N) is 2. The van der Waals surface area contributed by atoms with Gasteiger partial charge in [-0.05, 0) is 80.5 Å². The number of fused-ring (bicyclic) bond motifs is 1. The van der Waals surface area contributed by atoms with E-state index >= 15 is 0 Å². The summed E-state index contributed by atoms with van der Waals surface area (Å²) in [5.41, 5.74) is 7.38. The standard InChI is InChI=1S/C20H22N2O2/c1-13-19(14(2)24-21-13)22-12-16-6-4-5-7-18(16)20(22)15-8-10-17(23-3)11-9-15/h8-12H,4-7H2,1-3H3. The molecule has 0 spiro atoms. The molecule has 4 heteroatoms. The number of benzene rings is 1. The van der Waals surface area contributed by atoms with Crippen LogP contribution in [0.4, 0.5) is 0 Å². The molecule has 1 aromatic carbocycles. The Morgan fingerprint density at radius 3 is 2.50 bits per heavy atom. The second kappa shape index (κ2) is 5.86. The predicted molar refractivity (Wildman–Crippen MR) is 93.9 cm³/mol. The third-order valence-electron chi connectivity index (χ3n) is 4.92. The van der Waals surface area contributed by atoms with E-state index in [0.29, 0.717) is 0 Å². The van der Waals surface area contributed by atoms with Crippen LogP contribution in [0, 0.1) is 13.8 Å². The lowest BCUT2D eigenvalue weighted by Gasteiger charge is -2.15. The third kappa shape index (κ3) is 2.33. The van der Waals surface area contributed by atoms with Gasteiger partial charge in [-0.3, -0.25) is 0 Å².